The highest BCUT2D eigenvalue weighted by atomic mass is 79.9. The van der Waals surface area contributed by atoms with Crippen molar-refractivity contribution in [2.24, 2.45) is 5.73 Å². The summed E-state index contributed by atoms with van der Waals surface area (Å²) >= 11 is 0. The van der Waals surface area contributed by atoms with Gasteiger partial charge in [-0.3, -0.25) is 0 Å². The van der Waals surface area contributed by atoms with Gasteiger partial charge in [0.05, 0.1) is 0 Å². The van der Waals surface area contributed by atoms with E-state index in [4.69, 9.17) is 5.73 Å². The molecule has 0 amide bonds. The minimum absolute atomic E-state index is 0. The SMILES string of the molecule is Br.CN1CC=CN1CCN. The Morgan fingerprint density at radius 1 is 1.60 bits per heavy atom. The molecule has 2 N–H and O–H groups in total. The van der Waals surface area contributed by atoms with Crippen LogP contribution in [0, 0.1) is 0 Å². The van der Waals surface area contributed by atoms with E-state index in [1.807, 2.05) is 0 Å². The third kappa shape index (κ3) is 2.28. The molecular weight excluding hydrogens is 194 g/mol. The first-order valence-corrected chi connectivity index (χ1v) is 3.19. The zero-order chi connectivity index (χ0) is 6.69. The third-order valence-corrected chi connectivity index (χ3v) is 1.44. The molecule has 0 radical (unpaired) electrons. The van der Waals surface area contributed by atoms with Gasteiger partial charge in [-0.15, -0.1) is 17.0 Å². The number of halogens is 1. The maximum absolute atomic E-state index is 5.37. The van der Waals surface area contributed by atoms with Crippen molar-refractivity contribution in [2.75, 3.05) is 26.7 Å². The van der Waals surface area contributed by atoms with Crippen LogP contribution >= 0.6 is 17.0 Å². The summed E-state index contributed by atoms with van der Waals surface area (Å²) in [5, 5.41) is 4.24. The quantitative estimate of drug-likeness (QED) is 0.703. The number of nitrogens with zero attached hydrogens (tertiary/aromatic N) is 2. The lowest BCUT2D eigenvalue weighted by Crippen LogP contribution is -2.35. The highest BCUT2D eigenvalue weighted by molar-refractivity contribution is 8.93. The Bertz CT molecular complexity index is 116. The Labute approximate surface area is 72.2 Å². The summed E-state index contributed by atoms with van der Waals surface area (Å²) in [6.07, 6.45) is 4.18. The average molecular weight is 208 g/mol. The van der Waals surface area contributed by atoms with Crippen molar-refractivity contribution < 1.29 is 0 Å². The number of hydrogen-bond acceptors (Lipinski definition) is 3. The van der Waals surface area contributed by atoms with Gasteiger partial charge in [-0.2, -0.15) is 0 Å². The Morgan fingerprint density at radius 2 is 2.30 bits per heavy atom. The number of likely N-dealkylation sites (N-methyl/N-ethyl adjacent to an activating group) is 1. The Balaban J connectivity index is 0.000000810. The summed E-state index contributed by atoms with van der Waals surface area (Å²) in [4.78, 5) is 0. The van der Waals surface area contributed by atoms with Gasteiger partial charge in [-0.05, 0) is 0 Å². The Morgan fingerprint density at radius 3 is 2.70 bits per heavy atom. The molecule has 0 unspecified atom stereocenters. The third-order valence-electron chi connectivity index (χ3n) is 1.44. The number of rotatable bonds is 2. The normalized spacial score (nSPS) is 17.6. The largest absolute Gasteiger partial charge is 0.329 e. The van der Waals surface area contributed by atoms with E-state index < -0.39 is 0 Å². The lowest BCUT2D eigenvalue weighted by atomic mass is 10.6. The van der Waals surface area contributed by atoms with Gasteiger partial charge >= 0.3 is 0 Å². The van der Waals surface area contributed by atoms with Crippen molar-refractivity contribution in [3.8, 4) is 0 Å². The molecule has 0 aromatic rings. The van der Waals surface area contributed by atoms with Crippen molar-refractivity contribution in [2.45, 2.75) is 0 Å². The number of hydrazine groups is 1. The second kappa shape index (κ2) is 4.71. The van der Waals surface area contributed by atoms with E-state index >= 15 is 0 Å². The van der Waals surface area contributed by atoms with Gasteiger partial charge in [0, 0.05) is 32.9 Å². The van der Waals surface area contributed by atoms with Gasteiger partial charge in [-0.25, -0.2) is 5.01 Å². The summed E-state index contributed by atoms with van der Waals surface area (Å²) in [6, 6.07) is 0. The first-order valence-electron chi connectivity index (χ1n) is 3.19. The lowest BCUT2D eigenvalue weighted by molar-refractivity contribution is 0.0879. The van der Waals surface area contributed by atoms with Crippen molar-refractivity contribution in [1.29, 1.82) is 0 Å². The molecular formula is C6H14BrN3. The highest BCUT2D eigenvalue weighted by Gasteiger charge is 2.07. The summed E-state index contributed by atoms with van der Waals surface area (Å²) in [6.45, 7) is 2.65. The molecule has 0 bridgehead atoms. The fourth-order valence-corrected chi connectivity index (χ4v) is 0.918. The summed E-state index contributed by atoms with van der Waals surface area (Å²) < 4.78 is 0. The molecule has 4 heteroatoms. The van der Waals surface area contributed by atoms with Gasteiger partial charge in [0.1, 0.15) is 0 Å². The molecule has 0 spiro atoms. The van der Waals surface area contributed by atoms with Gasteiger partial charge in [0.25, 0.3) is 0 Å². The summed E-state index contributed by atoms with van der Waals surface area (Å²) in [5.74, 6) is 0. The first-order chi connectivity index (χ1) is 4.34. The van der Waals surface area contributed by atoms with Crippen molar-refractivity contribution >= 4 is 17.0 Å². The van der Waals surface area contributed by atoms with Crippen LogP contribution in [0.1, 0.15) is 0 Å². The van der Waals surface area contributed by atoms with E-state index in [0.717, 1.165) is 13.1 Å². The predicted octanol–water partition coefficient (Wildman–Crippen LogP) is 0.199. The summed E-state index contributed by atoms with van der Waals surface area (Å²) in [7, 11) is 2.05. The molecule has 0 fully saturated rings. The topological polar surface area (TPSA) is 32.5 Å². The minimum Gasteiger partial charge on any atom is -0.329 e. The molecule has 3 nitrogen and oxygen atoms in total. The molecule has 1 aliphatic heterocycles. The molecule has 10 heavy (non-hydrogen) atoms. The molecule has 0 aromatic carbocycles. The second-order valence-corrected chi connectivity index (χ2v) is 2.18. The number of hydrogen-bond donors (Lipinski definition) is 1. The summed E-state index contributed by atoms with van der Waals surface area (Å²) in [5.41, 5.74) is 5.37. The fourth-order valence-electron chi connectivity index (χ4n) is 0.918. The first kappa shape index (κ1) is 9.94. The van der Waals surface area contributed by atoms with Crippen LogP contribution < -0.4 is 5.73 Å². The van der Waals surface area contributed by atoms with Gasteiger partial charge < -0.3 is 10.7 Å². The lowest BCUT2D eigenvalue weighted by Gasteiger charge is -2.23. The van der Waals surface area contributed by atoms with Crippen LogP contribution in [0.4, 0.5) is 0 Å². The maximum atomic E-state index is 5.37. The maximum Gasteiger partial charge on any atom is 0.0462 e. The van der Waals surface area contributed by atoms with E-state index in [2.05, 4.69) is 29.3 Å². The molecule has 0 aromatic heterocycles. The van der Waals surface area contributed by atoms with Crippen molar-refractivity contribution in [3.63, 3.8) is 0 Å². The zero-order valence-electron chi connectivity index (χ0n) is 6.16. The van der Waals surface area contributed by atoms with Gasteiger partial charge in [-0.1, -0.05) is 6.08 Å². The van der Waals surface area contributed by atoms with E-state index in [1.165, 1.54) is 0 Å². The average Bonchev–Trinajstić information content (AvgIpc) is 2.18. The van der Waals surface area contributed by atoms with E-state index in [9.17, 15) is 0 Å². The Kier molecular flexibility index (Phi) is 4.68. The fraction of sp³-hybridized carbons (Fsp3) is 0.667. The molecule has 60 valence electrons. The van der Waals surface area contributed by atoms with Gasteiger partial charge in [0.2, 0.25) is 0 Å². The molecule has 0 atom stereocenters. The van der Waals surface area contributed by atoms with Gasteiger partial charge in [0.15, 0.2) is 0 Å². The predicted molar refractivity (Wildman–Crippen MR) is 47.9 cm³/mol. The molecule has 1 heterocycles. The molecule has 0 aliphatic carbocycles. The standard InChI is InChI=1S/C6H13N3.BrH/c1-8-4-2-5-9(8)6-3-7;/h2,5H,3-4,6-7H2,1H3;1H. The highest BCUT2D eigenvalue weighted by Crippen LogP contribution is 2.01. The molecule has 1 aliphatic rings. The van der Waals surface area contributed by atoms with Crippen LogP contribution in [-0.4, -0.2) is 36.7 Å². The van der Waals surface area contributed by atoms with E-state index in [-0.39, 0.29) is 17.0 Å². The van der Waals surface area contributed by atoms with Crippen LogP contribution in [0.15, 0.2) is 12.3 Å². The van der Waals surface area contributed by atoms with Crippen LogP contribution in [0.3, 0.4) is 0 Å². The molecule has 0 saturated carbocycles. The number of nitrogens with two attached hydrogens (primary N) is 1. The second-order valence-electron chi connectivity index (χ2n) is 2.18. The van der Waals surface area contributed by atoms with Crippen LogP contribution in [0.5, 0.6) is 0 Å². The molecule has 0 saturated heterocycles. The smallest absolute Gasteiger partial charge is 0.0462 e. The van der Waals surface area contributed by atoms with Crippen molar-refractivity contribution in [1.82, 2.24) is 10.0 Å². The minimum atomic E-state index is 0. The molecule has 1 rings (SSSR count). The van der Waals surface area contributed by atoms with Crippen LogP contribution in [0.25, 0.3) is 0 Å². The monoisotopic (exact) mass is 207 g/mol. The zero-order valence-corrected chi connectivity index (χ0v) is 7.87. The van der Waals surface area contributed by atoms with E-state index in [1.54, 1.807) is 0 Å². The van der Waals surface area contributed by atoms with E-state index in [0.29, 0.717) is 6.54 Å². The van der Waals surface area contributed by atoms with Crippen molar-refractivity contribution in [3.05, 3.63) is 12.3 Å². The Hall–Kier alpha value is -0.0600. The van der Waals surface area contributed by atoms with Crippen LogP contribution in [0.2, 0.25) is 0 Å². The van der Waals surface area contributed by atoms with Crippen LogP contribution in [-0.2, 0) is 0 Å².